The molecule has 2 rings (SSSR count). The molecule has 0 aliphatic heterocycles. The molecule has 0 saturated heterocycles. The summed E-state index contributed by atoms with van der Waals surface area (Å²) in [7, 11) is 0. The molecule has 1 aromatic heterocycles. The lowest BCUT2D eigenvalue weighted by atomic mass is 10.1. The lowest BCUT2D eigenvalue weighted by Crippen LogP contribution is -2.23. The van der Waals surface area contributed by atoms with Gasteiger partial charge in [-0.05, 0) is 32.0 Å². The van der Waals surface area contributed by atoms with E-state index in [0.29, 0.717) is 23.4 Å². The van der Waals surface area contributed by atoms with Crippen LogP contribution in [0.25, 0.3) is 0 Å². The smallest absolute Gasteiger partial charge is 0.251 e. The summed E-state index contributed by atoms with van der Waals surface area (Å²) in [5, 5.41) is 15.4. The highest BCUT2D eigenvalue weighted by atomic mass is 16.5. The SMILES string of the molecule is Cc1noc(C)c1CNC(=O)c1cccc(C#CCO)c1. The van der Waals surface area contributed by atoms with Crippen molar-refractivity contribution < 1.29 is 14.4 Å². The van der Waals surface area contributed by atoms with Crippen LogP contribution in [0, 0.1) is 25.7 Å². The third-order valence-corrected chi connectivity index (χ3v) is 3.04. The Morgan fingerprint density at radius 3 is 2.90 bits per heavy atom. The lowest BCUT2D eigenvalue weighted by Gasteiger charge is -2.05. The molecular formula is C16H16N2O3. The van der Waals surface area contributed by atoms with Crippen LogP contribution in [0.15, 0.2) is 28.8 Å². The number of hydrogen-bond acceptors (Lipinski definition) is 4. The standard InChI is InChI=1S/C16H16N2O3/c1-11-15(12(2)21-18-11)10-17-16(20)14-7-3-5-13(9-14)6-4-8-19/h3,5,7,9,19H,8,10H2,1-2H3,(H,17,20). The van der Waals surface area contributed by atoms with Crippen molar-refractivity contribution in [1.82, 2.24) is 10.5 Å². The summed E-state index contributed by atoms with van der Waals surface area (Å²) in [6.07, 6.45) is 0. The van der Waals surface area contributed by atoms with Crippen LogP contribution in [0.3, 0.4) is 0 Å². The Hall–Kier alpha value is -2.58. The third kappa shape index (κ3) is 3.71. The second kappa shape index (κ2) is 6.73. The van der Waals surface area contributed by atoms with Gasteiger partial charge in [0.1, 0.15) is 12.4 Å². The first-order valence-electron chi connectivity index (χ1n) is 6.51. The number of amides is 1. The minimum atomic E-state index is -0.206. The van der Waals surface area contributed by atoms with Crippen LogP contribution in [0.1, 0.15) is 32.9 Å². The van der Waals surface area contributed by atoms with Crippen molar-refractivity contribution in [2.45, 2.75) is 20.4 Å². The van der Waals surface area contributed by atoms with E-state index in [4.69, 9.17) is 9.63 Å². The van der Waals surface area contributed by atoms with Gasteiger partial charge >= 0.3 is 0 Å². The van der Waals surface area contributed by atoms with E-state index in [2.05, 4.69) is 22.3 Å². The fraction of sp³-hybridized carbons (Fsp3) is 0.250. The quantitative estimate of drug-likeness (QED) is 0.839. The first-order chi connectivity index (χ1) is 10.1. The fourth-order valence-corrected chi connectivity index (χ4v) is 1.90. The molecule has 0 bridgehead atoms. The molecule has 1 amide bonds. The molecule has 5 heteroatoms. The summed E-state index contributed by atoms with van der Waals surface area (Å²) in [5.74, 6) is 5.84. The number of hydrogen-bond donors (Lipinski definition) is 2. The molecule has 0 spiro atoms. The number of rotatable bonds is 3. The van der Waals surface area contributed by atoms with E-state index in [0.717, 1.165) is 11.3 Å². The van der Waals surface area contributed by atoms with E-state index in [1.165, 1.54) is 0 Å². The second-order valence-electron chi connectivity index (χ2n) is 4.53. The monoisotopic (exact) mass is 284 g/mol. The van der Waals surface area contributed by atoms with Gasteiger partial charge in [-0.15, -0.1) is 0 Å². The third-order valence-electron chi connectivity index (χ3n) is 3.04. The van der Waals surface area contributed by atoms with Gasteiger partial charge in [0.05, 0.1) is 5.69 Å². The summed E-state index contributed by atoms with van der Waals surface area (Å²) in [6, 6.07) is 6.94. The molecule has 108 valence electrons. The molecule has 0 aliphatic rings. The topological polar surface area (TPSA) is 75.4 Å². The fourth-order valence-electron chi connectivity index (χ4n) is 1.90. The predicted molar refractivity (Wildman–Crippen MR) is 77.6 cm³/mol. The van der Waals surface area contributed by atoms with Gasteiger partial charge in [-0.3, -0.25) is 4.79 Å². The van der Waals surface area contributed by atoms with Crippen LogP contribution in [0.4, 0.5) is 0 Å². The predicted octanol–water partition coefficient (Wildman–Crippen LogP) is 1.57. The van der Waals surface area contributed by atoms with Crippen LogP contribution in [-0.2, 0) is 6.54 Å². The normalized spacial score (nSPS) is 9.86. The van der Waals surface area contributed by atoms with E-state index < -0.39 is 0 Å². The Balaban J connectivity index is 2.07. The average Bonchev–Trinajstić information content (AvgIpc) is 2.82. The van der Waals surface area contributed by atoms with E-state index in [9.17, 15) is 4.79 Å². The van der Waals surface area contributed by atoms with Crippen molar-refractivity contribution in [2.75, 3.05) is 6.61 Å². The highest BCUT2D eigenvalue weighted by Crippen LogP contribution is 2.12. The summed E-state index contributed by atoms with van der Waals surface area (Å²) in [4.78, 5) is 12.1. The number of aliphatic hydroxyl groups excluding tert-OH is 1. The summed E-state index contributed by atoms with van der Waals surface area (Å²) in [6.45, 7) is 3.81. The minimum Gasteiger partial charge on any atom is -0.384 e. The van der Waals surface area contributed by atoms with Gasteiger partial charge in [-0.1, -0.05) is 23.1 Å². The number of carbonyl (C=O) groups excluding carboxylic acids is 1. The zero-order chi connectivity index (χ0) is 15.2. The molecule has 2 N–H and O–H groups in total. The summed E-state index contributed by atoms with van der Waals surface area (Å²) < 4.78 is 5.05. The number of nitrogens with zero attached hydrogens (tertiary/aromatic N) is 1. The van der Waals surface area contributed by atoms with Gasteiger partial charge in [0.2, 0.25) is 0 Å². The zero-order valence-corrected chi connectivity index (χ0v) is 11.9. The van der Waals surface area contributed by atoms with E-state index in [1.54, 1.807) is 24.3 Å². The maximum absolute atomic E-state index is 12.1. The number of carbonyl (C=O) groups is 1. The molecule has 0 unspecified atom stereocenters. The zero-order valence-electron chi connectivity index (χ0n) is 11.9. The van der Waals surface area contributed by atoms with Gasteiger partial charge in [-0.25, -0.2) is 0 Å². The Labute approximate surface area is 123 Å². The first kappa shape index (κ1) is 14.8. The number of aromatic nitrogens is 1. The Kier molecular flexibility index (Phi) is 4.75. The van der Waals surface area contributed by atoms with Gasteiger partial charge in [0.25, 0.3) is 5.91 Å². The average molecular weight is 284 g/mol. The van der Waals surface area contributed by atoms with Crippen LogP contribution < -0.4 is 5.32 Å². The van der Waals surface area contributed by atoms with Gasteiger partial charge in [-0.2, -0.15) is 0 Å². The van der Waals surface area contributed by atoms with Crippen molar-refractivity contribution in [3.63, 3.8) is 0 Å². The molecule has 0 fully saturated rings. The largest absolute Gasteiger partial charge is 0.384 e. The molecule has 0 atom stereocenters. The lowest BCUT2D eigenvalue weighted by molar-refractivity contribution is 0.0950. The Bertz CT molecular complexity index is 688. The molecule has 2 aromatic rings. The number of benzene rings is 1. The number of aliphatic hydroxyl groups is 1. The maximum Gasteiger partial charge on any atom is 0.251 e. The maximum atomic E-state index is 12.1. The minimum absolute atomic E-state index is 0.192. The van der Waals surface area contributed by atoms with Gasteiger partial charge in [0, 0.05) is 23.2 Å². The van der Waals surface area contributed by atoms with Crippen molar-refractivity contribution in [3.8, 4) is 11.8 Å². The molecule has 0 saturated carbocycles. The highest BCUT2D eigenvalue weighted by molar-refractivity contribution is 5.94. The van der Waals surface area contributed by atoms with Crippen LogP contribution in [0.2, 0.25) is 0 Å². The Morgan fingerprint density at radius 1 is 1.43 bits per heavy atom. The molecule has 0 radical (unpaired) electrons. The number of aryl methyl sites for hydroxylation is 2. The van der Waals surface area contributed by atoms with E-state index in [1.807, 2.05) is 13.8 Å². The van der Waals surface area contributed by atoms with E-state index >= 15 is 0 Å². The molecule has 0 aliphatic carbocycles. The highest BCUT2D eigenvalue weighted by Gasteiger charge is 2.11. The Morgan fingerprint density at radius 2 is 2.24 bits per heavy atom. The van der Waals surface area contributed by atoms with Crippen molar-refractivity contribution >= 4 is 5.91 Å². The van der Waals surface area contributed by atoms with Crippen molar-refractivity contribution in [2.24, 2.45) is 0 Å². The summed E-state index contributed by atoms with van der Waals surface area (Å²) in [5.41, 5.74) is 2.87. The molecule has 1 aromatic carbocycles. The summed E-state index contributed by atoms with van der Waals surface area (Å²) >= 11 is 0. The molecule has 1 heterocycles. The van der Waals surface area contributed by atoms with Crippen LogP contribution in [0.5, 0.6) is 0 Å². The molecular weight excluding hydrogens is 268 g/mol. The number of nitrogens with one attached hydrogen (secondary N) is 1. The molecule has 21 heavy (non-hydrogen) atoms. The van der Waals surface area contributed by atoms with E-state index in [-0.39, 0.29) is 12.5 Å². The van der Waals surface area contributed by atoms with Crippen LogP contribution >= 0.6 is 0 Å². The first-order valence-corrected chi connectivity index (χ1v) is 6.51. The van der Waals surface area contributed by atoms with Gasteiger partial charge < -0.3 is 14.9 Å². The van der Waals surface area contributed by atoms with Crippen molar-refractivity contribution in [3.05, 3.63) is 52.4 Å². The molecule has 5 nitrogen and oxygen atoms in total. The second-order valence-corrected chi connectivity index (χ2v) is 4.53. The van der Waals surface area contributed by atoms with Crippen LogP contribution in [-0.4, -0.2) is 22.8 Å². The van der Waals surface area contributed by atoms with Crippen molar-refractivity contribution in [1.29, 1.82) is 0 Å². The van der Waals surface area contributed by atoms with Gasteiger partial charge in [0.15, 0.2) is 0 Å².